The number of nitrogens with one attached hydrogen (secondary N) is 2. The fourth-order valence-corrected chi connectivity index (χ4v) is 1.58. The summed E-state index contributed by atoms with van der Waals surface area (Å²) in [5, 5.41) is 6.79. The topological polar surface area (TPSA) is 24.1 Å². The molecule has 0 amide bonds. The Morgan fingerprint density at radius 2 is 1.75 bits per heavy atom. The zero-order chi connectivity index (χ0) is 8.77. The maximum absolute atomic E-state index is 3.40. The molecule has 1 heterocycles. The smallest absolute Gasteiger partial charge is 0.102 e. The molecule has 2 heteroatoms. The van der Waals surface area contributed by atoms with Crippen molar-refractivity contribution in [3.8, 4) is 0 Å². The lowest BCUT2D eigenvalue weighted by Gasteiger charge is -2.19. The lowest BCUT2D eigenvalue weighted by Crippen LogP contribution is -2.33. The van der Waals surface area contributed by atoms with Crippen LogP contribution in [0.15, 0.2) is 18.2 Å². The molecular formula is C10H14N2. The summed E-state index contributed by atoms with van der Waals surface area (Å²) in [5.41, 5.74) is 3.70. The van der Waals surface area contributed by atoms with Gasteiger partial charge in [-0.15, -0.1) is 0 Å². The molecule has 0 atom stereocenters. The molecule has 0 radical (unpaired) electrons. The number of rotatable bonds is 0. The first-order valence-corrected chi connectivity index (χ1v) is 4.24. The molecule has 1 aromatic rings. The summed E-state index contributed by atoms with van der Waals surface area (Å²) in [7, 11) is 0. The van der Waals surface area contributed by atoms with Crippen LogP contribution in [0.4, 0.5) is 11.4 Å². The van der Waals surface area contributed by atoms with Crippen molar-refractivity contribution in [1.29, 1.82) is 0 Å². The minimum atomic E-state index is -0.00384. The van der Waals surface area contributed by atoms with Crippen LogP contribution in [0, 0.1) is 6.92 Å². The zero-order valence-electron chi connectivity index (χ0n) is 7.73. The van der Waals surface area contributed by atoms with Gasteiger partial charge in [0.25, 0.3) is 0 Å². The van der Waals surface area contributed by atoms with Crippen molar-refractivity contribution >= 4 is 11.4 Å². The van der Waals surface area contributed by atoms with Gasteiger partial charge in [-0.25, -0.2) is 0 Å². The second-order valence-electron chi connectivity index (χ2n) is 3.92. The van der Waals surface area contributed by atoms with Crippen molar-refractivity contribution in [3.05, 3.63) is 23.8 Å². The predicted molar refractivity (Wildman–Crippen MR) is 52.5 cm³/mol. The summed E-state index contributed by atoms with van der Waals surface area (Å²) in [6.45, 7) is 6.36. The monoisotopic (exact) mass is 162 g/mol. The van der Waals surface area contributed by atoms with E-state index in [1.54, 1.807) is 0 Å². The number of anilines is 2. The molecular weight excluding hydrogens is 148 g/mol. The van der Waals surface area contributed by atoms with Gasteiger partial charge < -0.3 is 10.6 Å². The average molecular weight is 162 g/mol. The molecule has 1 aliphatic heterocycles. The highest BCUT2D eigenvalue weighted by Gasteiger charge is 2.25. The van der Waals surface area contributed by atoms with E-state index in [0.29, 0.717) is 0 Å². The molecule has 0 aromatic heterocycles. The van der Waals surface area contributed by atoms with Crippen molar-refractivity contribution in [2.45, 2.75) is 26.4 Å². The third kappa shape index (κ3) is 1.13. The molecule has 2 rings (SSSR count). The number of aryl methyl sites for hydroxylation is 1. The van der Waals surface area contributed by atoms with Gasteiger partial charge in [0.1, 0.15) is 5.66 Å². The van der Waals surface area contributed by atoms with Gasteiger partial charge in [-0.3, -0.25) is 0 Å². The van der Waals surface area contributed by atoms with Gasteiger partial charge in [0.05, 0.1) is 11.4 Å². The Kier molecular flexibility index (Phi) is 1.34. The second-order valence-corrected chi connectivity index (χ2v) is 3.92. The summed E-state index contributed by atoms with van der Waals surface area (Å²) in [6, 6.07) is 6.40. The molecule has 0 spiro atoms. The van der Waals surface area contributed by atoms with E-state index < -0.39 is 0 Å². The highest BCUT2D eigenvalue weighted by Crippen LogP contribution is 2.33. The van der Waals surface area contributed by atoms with E-state index in [4.69, 9.17) is 0 Å². The van der Waals surface area contributed by atoms with Crippen LogP contribution in [0.5, 0.6) is 0 Å². The van der Waals surface area contributed by atoms with E-state index in [0.717, 1.165) is 0 Å². The van der Waals surface area contributed by atoms with Crippen LogP contribution in [-0.2, 0) is 0 Å². The quantitative estimate of drug-likeness (QED) is 0.612. The van der Waals surface area contributed by atoms with Crippen molar-refractivity contribution in [3.63, 3.8) is 0 Å². The van der Waals surface area contributed by atoms with Crippen LogP contribution < -0.4 is 10.6 Å². The van der Waals surface area contributed by atoms with E-state index >= 15 is 0 Å². The fourth-order valence-electron chi connectivity index (χ4n) is 1.58. The lowest BCUT2D eigenvalue weighted by atomic mass is 10.2. The first kappa shape index (κ1) is 7.47. The maximum atomic E-state index is 3.40. The Bertz CT molecular complexity index is 316. The van der Waals surface area contributed by atoms with Gasteiger partial charge in [0.15, 0.2) is 0 Å². The number of hydrogen-bond donors (Lipinski definition) is 2. The number of hydrogen-bond acceptors (Lipinski definition) is 2. The molecule has 1 aliphatic rings. The summed E-state index contributed by atoms with van der Waals surface area (Å²) in [6.07, 6.45) is 0. The van der Waals surface area contributed by atoms with Gasteiger partial charge in [-0.2, -0.15) is 0 Å². The predicted octanol–water partition coefficient (Wildman–Crippen LogP) is 2.57. The normalized spacial score (nSPS) is 17.9. The summed E-state index contributed by atoms with van der Waals surface area (Å²) < 4.78 is 0. The molecule has 2 N–H and O–H groups in total. The number of fused-ring (bicyclic) bond motifs is 1. The molecule has 0 saturated heterocycles. The molecule has 0 bridgehead atoms. The van der Waals surface area contributed by atoms with E-state index in [9.17, 15) is 0 Å². The van der Waals surface area contributed by atoms with E-state index in [1.807, 2.05) is 0 Å². The minimum Gasteiger partial charge on any atom is -0.362 e. The van der Waals surface area contributed by atoms with E-state index in [2.05, 4.69) is 49.6 Å². The van der Waals surface area contributed by atoms with Crippen LogP contribution in [0.25, 0.3) is 0 Å². The van der Waals surface area contributed by atoms with Crippen molar-refractivity contribution in [2.24, 2.45) is 0 Å². The molecule has 0 fully saturated rings. The number of benzene rings is 1. The molecule has 12 heavy (non-hydrogen) atoms. The van der Waals surface area contributed by atoms with Crippen LogP contribution in [0.2, 0.25) is 0 Å². The van der Waals surface area contributed by atoms with Crippen molar-refractivity contribution < 1.29 is 0 Å². The minimum absolute atomic E-state index is 0.00384. The lowest BCUT2D eigenvalue weighted by molar-refractivity contribution is 0.675. The van der Waals surface area contributed by atoms with Crippen molar-refractivity contribution in [1.82, 2.24) is 0 Å². The van der Waals surface area contributed by atoms with Crippen molar-refractivity contribution in [2.75, 3.05) is 10.6 Å². The highest BCUT2D eigenvalue weighted by atomic mass is 15.2. The van der Waals surface area contributed by atoms with Crippen LogP contribution in [-0.4, -0.2) is 5.66 Å². The Labute approximate surface area is 73.0 Å². The Balaban J connectivity index is 2.43. The molecule has 1 aromatic carbocycles. The molecule has 0 unspecified atom stereocenters. The first-order valence-electron chi connectivity index (χ1n) is 4.24. The van der Waals surface area contributed by atoms with Crippen LogP contribution in [0.1, 0.15) is 19.4 Å². The summed E-state index contributed by atoms with van der Waals surface area (Å²) in [5.74, 6) is 0. The average Bonchev–Trinajstić information content (AvgIpc) is 2.21. The first-order chi connectivity index (χ1) is 5.57. The molecule has 2 nitrogen and oxygen atoms in total. The largest absolute Gasteiger partial charge is 0.362 e. The zero-order valence-corrected chi connectivity index (χ0v) is 7.73. The third-order valence-electron chi connectivity index (χ3n) is 2.07. The van der Waals surface area contributed by atoms with Gasteiger partial charge in [-0.1, -0.05) is 6.07 Å². The standard InChI is InChI=1S/C10H14N2/c1-7-4-5-8-9(6-7)12-10(2,3)11-8/h4-6,11-12H,1-3H3. The Hall–Kier alpha value is -1.18. The SMILES string of the molecule is Cc1ccc2c(c1)NC(C)(C)N2. The second kappa shape index (κ2) is 2.16. The van der Waals surface area contributed by atoms with E-state index in [-0.39, 0.29) is 5.66 Å². The molecule has 0 aliphatic carbocycles. The van der Waals surface area contributed by atoms with Gasteiger partial charge in [0.2, 0.25) is 0 Å². The molecule has 0 saturated carbocycles. The van der Waals surface area contributed by atoms with Gasteiger partial charge in [0, 0.05) is 0 Å². The highest BCUT2D eigenvalue weighted by molar-refractivity contribution is 5.76. The Morgan fingerprint density at radius 3 is 2.50 bits per heavy atom. The van der Waals surface area contributed by atoms with Crippen LogP contribution in [0.3, 0.4) is 0 Å². The van der Waals surface area contributed by atoms with Gasteiger partial charge >= 0.3 is 0 Å². The fraction of sp³-hybridized carbons (Fsp3) is 0.400. The van der Waals surface area contributed by atoms with E-state index in [1.165, 1.54) is 16.9 Å². The summed E-state index contributed by atoms with van der Waals surface area (Å²) in [4.78, 5) is 0. The van der Waals surface area contributed by atoms with Gasteiger partial charge in [-0.05, 0) is 38.5 Å². The maximum Gasteiger partial charge on any atom is 0.102 e. The van der Waals surface area contributed by atoms with Crippen LogP contribution >= 0.6 is 0 Å². The summed E-state index contributed by atoms with van der Waals surface area (Å²) >= 11 is 0. The Morgan fingerprint density at radius 1 is 1.08 bits per heavy atom. The third-order valence-corrected chi connectivity index (χ3v) is 2.07. The molecule has 64 valence electrons.